The van der Waals surface area contributed by atoms with Crippen molar-refractivity contribution in [3.05, 3.63) is 84.1 Å². The maximum absolute atomic E-state index is 13.3. The van der Waals surface area contributed by atoms with E-state index in [0.717, 1.165) is 22.4 Å². The molecule has 2 atom stereocenters. The number of hydrogen-bond donors (Lipinski definition) is 3. The molecule has 0 aromatic heterocycles. The monoisotopic (exact) mass is 407 g/mol. The molecule has 0 saturated carbocycles. The van der Waals surface area contributed by atoms with E-state index in [0.29, 0.717) is 23.2 Å². The van der Waals surface area contributed by atoms with Crippen molar-refractivity contribution in [1.29, 1.82) is 0 Å². The van der Waals surface area contributed by atoms with E-state index in [2.05, 4.69) is 29.1 Å². The van der Waals surface area contributed by atoms with Crippen molar-refractivity contribution in [2.24, 2.45) is 5.92 Å². The fraction of sp³-hybridized carbons (Fsp3) is 0.217. The van der Waals surface area contributed by atoms with Gasteiger partial charge in [0.1, 0.15) is 18.3 Å². The minimum Gasteiger partial charge on any atom is -0.489 e. The number of anilines is 1. The van der Waals surface area contributed by atoms with E-state index in [1.165, 1.54) is 0 Å². The van der Waals surface area contributed by atoms with Crippen molar-refractivity contribution in [1.82, 2.24) is 10.6 Å². The number of thiocarbonyl (C=S) groups is 1. The molecule has 150 valence electrons. The Balaban J connectivity index is 1.94. The van der Waals surface area contributed by atoms with Crippen LogP contribution in [0.25, 0.3) is 0 Å². The van der Waals surface area contributed by atoms with Gasteiger partial charge >= 0.3 is 0 Å². The van der Waals surface area contributed by atoms with Crippen molar-refractivity contribution in [3.63, 3.8) is 0 Å². The minimum atomic E-state index is -0.587. The Kier molecular flexibility index (Phi) is 6.34. The van der Waals surface area contributed by atoms with E-state index in [9.17, 15) is 4.79 Å². The lowest BCUT2D eigenvalue weighted by atomic mass is 9.87. The van der Waals surface area contributed by atoms with Crippen LogP contribution in [-0.4, -0.2) is 17.6 Å². The third kappa shape index (κ3) is 4.66. The molecule has 1 heterocycles. The first-order valence-corrected chi connectivity index (χ1v) is 9.78. The quantitative estimate of drug-likeness (QED) is 0.496. The van der Waals surface area contributed by atoms with Crippen LogP contribution < -0.4 is 20.7 Å². The van der Waals surface area contributed by atoms with Crippen molar-refractivity contribution in [3.8, 4) is 5.75 Å². The van der Waals surface area contributed by atoms with Gasteiger partial charge in [-0.1, -0.05) is 55.1 Å². The van der Waals surface area contributed by atoms with E-state index in [1.54, 1.807) is 6.08 Å². The third-order valence-electron chi connectivity index (χ3n) is 4.80. The van der Waals surface area contributed by atoms with Gasteiger partial charge in [0.25, 0.3) is 0 Å². The highest BCUT2D eigenvalue weighted by molar-refractivity contribution is 7.80. The zero-order chi connectivity index (χ0) is 21.0. The predicted octanol–water partition coefficient (Wildman–Crippen LogP) is 4.16. The van der Waals surface area contributed by atoms with Gasteiger partial charge in [-0.05, 0) is 43.8 Å². The number of amides is 1. The maximum Gasteiger partial charge on any atom is 0.235 e. The summed E-state index contributed by atoms with van der Waals surface area (Å²) in [5, 5.41) is 9.66. The highest BCUT2D eigenvalue weighted by atomic mass is 32.1. The average Bonchev–Trinajstić information content (AvgIpc) is 2.68. The van der Waals surface area contributed by atoms with Gasteiger partial charge in [0, 0.05) is 16.9 Å². The lowest BCUT2D eigenvalue weighted by Crippen LogP contribution is -2.51. The van der Waals surface area contributed by atoms with Crippen molar-refractivity contribution in [2.75, 3.05) is 11.9 Å². The van der Waals surface area contributed by atoms with Crippen LogP contribution in [0.2, 0.25) is 0 Å². The summed E-state index contributed by atoms with van der Waals surface area (Å²) in [6.45, 7) is 12.1. The molecule has 0 bridgehead atoms. The first-order valence-electron chi connectivity index (χ1n) is 9.37. The smallest absolute Gasteiger partial charge is 0.235 e. The second kappa shape index (κ2) is 8.92. The Morgan fingerprint density at radius 2 is 2.03 bits per heavy atom. The standard InChI is InChI=1S/C23H25N3O2S/c1-5-12-28-19-9-7-6-8-17(19)21-20(16(4)24-23(29)26-21)22(27)25-18-11-10-14(2)13-15(18)3/h5-11,13,20-21H,1,4,12H2,2-3H3,(H,25,27)(H2,24,26,29)/t20-,21+/m1/s1. The minimum absolute atomic E-state index is 0.173. The van der Waals surface area contributed by atoms with Gasteiger partial charge in [-0.15, -0.1) is 0 Å². The van der Waals surface area contributed by atoms with Crippen LogP contribution in [-0.2, 0) is 4.79 Å². The topological polar surface area (TPSA) is 62.4 Å². The second-order valence-electron chi connectivity index (χ2n) is 7.02. The molecule has 1 aliphatic heterocycles. The van der Waals surface area contributed by atoms with Gasteiger partial charge in [0.2, 0.25) is 5.91 Å². The molecule has 2 aromatic rings. The van der Waals surface area contributed by atoms with Gasteiger partial charge < -0.3 is 20.7 Å². The molecule has 2 aromatic carbocycles. The second-order valence-corrected chi connectivity index (χ2v) is 7.43. The highest BCUT2D eigenvalue weighted by Gasteiger charge is 2.38. The van der Waals surface area contributed by atoms with Gasteiger partial charge in [0.15, 0.2) is 5.11 Å². The summed E-state index contributed by atoms with van der Waals surface area (Å²) < 4.78 is 5.81. The Morgan fingerprint density at radius 1 is 1.28 bits per heavy atom. The number of aryl methyl sites for hydroxylation is 2. The molecule has 0 aliphatic carbocycles. The number of rotatable bonds is 6. The fourth-order valence-corrected chi connectivity index (χ4v) is 3.69. The van der Waals surface area contributed by atoms with Crippen LogP contribution in [0.3, 0.4) is 0 Å². The van der Waals surface area contributed by atoms with Gasteiger partial charge in [-0.3, -0.25) is 4.79 Å². The predicted molar refractivity (Wildman–Crippen MR) is 121 cm³/mol. The van der Waals surface area contributed by atoms with E-state index in [4.69, 9.17) is 17.0 Å². The van der Waals surface area contributed by atoms with Crippen LogP contribution in [0, 0.1) is 19.8 Å². The van der Waals surface area contributed by atoms with Crippen molar-refractivity contribution in [2.45, 2.75) is 19.9 Å². The zero-order valence-corrected chi connectivity index (χ0v) is 17.4. The van der Waals surface area contributed by atoms with Crippen molar-refractivity contribution < 1.29 is 9.53 Å². The molecular weight excluding hydrogens is 382 g/mol. The molecule has 5 nitrogen and oxygen atoms in total. The molecule has 1 fully saturated rings. The molecule has 6 heteroatoms. The van der Waals surface area contributed by atoms with E-state index in [-0.39, 0.29) is 5.91 Å². The summed E-state index contributed by atoms with van der Waals surface area (Å²) in [6, 6.07) is 13.1. The Bertz CT molecular complexity index is 970. The normalized spacial score (nSPS) is 18.4. The summed E-state index contributed by atoms with van der Waals surface area (Å²) in [7, 11) is 0. The number of carbonyl (C=O) groups is 1. The molecule has 1 amide bonds. The number of nitrogens with one attached hydrogen (secondary N) is 3. The summed E-state index contributed by atoms with van der Waals surface area (Å²) in [5.74, 6) is -0.0874. The molecule has 29 heavy (non-hydrogen) atoms. The third-order valence-corrected chi connectivity index (χ3v) is 5.02. The Hall–Kier alpha value is -3.12. The average molecular weight is 408 g/mol. The van der Waals surface area contributed by atoms with Crippen molar-refractivity contribution >= 4 is 28.9 Å². The summed E-state index contributed by atoms with van der Waals surface area (Å²) in [6.07, 6.45) is 1.68. The van der Waals surface area contributed by atoms with E-state index in [1.807, 2.05) is 56.3 Å². The van der Waals surface area contributed by atoms with E-state index < -0.39 is 12.0 Å². The van der Waals surface area contributed by atoms with Crippen LogP contribution >= 0.6 is 12.2 Å². The molecular formula is C23H25N3O2S. The first-order chi connectivity index (χ1) is 13.9. The zero-order valence-electron chi connectivity index (χ0n) is 16.6. The number of ether oxygens (including phenoxy) is 1. The van der Waals surface area contributed by atoms with Crippen LogP contribution in [0.5, 0.6) is 5.75 Å². The Labute approximate surface area is 176 Å². The molecule has 1 aliphatic rings. The molecule has 1 saturated heterocycles. The first kappa shape index (κ1) is 20.6. The van der Waals surface area contributed by atoms with Gasteiger partial charge in [-0.2, -0.15) is 0 Å². The number of para-hydroxylation sites is 1. The highest BCUT2D eigenvalue weighted by Crippen LogP contribution is 2.35. The maximum atomic E-state index is 13.3. The SMILES string of the molecule is C=CCOc1ccccc1[C@@H]1NC(=S)NC(=C)[C@H]1C(=O)Nc1ccc(C)cc1C. The molecule has 3 rings (SSSR count). The number of carbonyl (C=O) groups excluding carboxylic acids is 1. The molecule has 3 N–H and O–H groups in total. The lowest BCUT2D eigenvalue weighted by molar-refractivity contribution is -0.119. The summed E-state index contributed by atoms with van der Waals surface area (Å²) in [5.41, 5.74) is 4.29. The number of hydrogen-bond acceptors (Lipinski definition) is 3. The van der Waals surface area contributed by atoms with Crippen LogP contribution in [0.4, 0.5) is 5.69 Å². The largest absolute Gasteiger partial charge is 0.489 e. The lowest BCUT2D eigenvalue weighted by Gasteiger charge is -2.36. The van der Waals surface area contributed by atoms with Crippen LogP contribution in [0.1, 0.15) is 22.7 Å². The summed E-state index contributed by atoms with van der Waals surface area (Å²) >= 11 is 5.32. The summed E-state index contributed by atoms with van der Waals surface area (Å²) in [4.78, 5) is 13.3. The van der Waals surface area contributed by atoms with Crippen LogP contribution in [0.15, 0.2) is 67.4 Å². The fourth-order valence-electron chi connectivity index (χ4n) is 3.43. The van der Waals surface area contributed by atoms with Gasteiger partial charge in [0.05, 0.1) is 6.04 Å². The molecule has 0 radical (unpaired) electrons. The molecule has 0 spiro atoms. The van der Waals surface area contributed by atoms with Gasteiger partial charge in [-0.25, -0.2) is 0 Å². The Morgan fingerprint density at radius 3 is 2.76 bits per heavy atom. The van der Waals surface area contributed by atoms with E-state index >= 15 is 0 Å². The number of benzene rings is 2. The molecule has 0 unspecified atom stereocenters.